The predicted octanol–water partition coefficient (Wildman–Crippen LogP) is 6.07. The first-order valence-electron chi connectivity index (χ1n) is 11.3. The molecule has 0 heterocycles. The molecule has 0 saturated heterocycles. The lowest BCUT2D eigenvalue weighted by molar-refractivity contribution is -0.151. The fourth-order valence-electron chi connectivity index (χ4n) is 3.81. The van der Waals surface area contributed by atoms with Gasteiger partial charge in [0, 0.05) is 0 Å². The van der Waals surface area contributed by atoms with Gasteiger partial charge < -0.3 is 9.47 Å². The number of hydrogen-bond donors (Lipinski definition) is 0. The van der Waals surface area contributed by atoms with Crippen LogP contribution in [0.1, 0.15) is 105 Å². The second-order valence-electron chi connectivity index (χ2n) is 8.65. The highest BCUT2D eigenvalue weighted by molar-refractivity contribution is 5.89. The van der Waals surface area contributed by atoms with Gasteiger partial charge in [0.25, 0.3) is 0 Å². The van der Waals surface area contributed by atoms with E-state index in [1.54, 1.807) is 0 Å². The van der Waals surface area contributed by atoms with Gasteiger partial charge in [0.2, 0.25) is 0 Å². The number of carbonyl (C=O) groups excluding carboxylic acids is 2. The fraction of sp³-hybridized carbons (Fsp3) is 0.913. The van der Waals surface area contributed by atoms with Crippen LogP contribution < -0.4 is 0 Å². The molecular weight excluding hydrogens is 340 g/mol. The Morgan fingerprint density at radius 2 is 0.963 bits per heavy atom. The van der Waals surface area contributed by atoms with Crippen molar-refractivity contribution in [3.05, 3.63) is 0 Å². The Kier molecular flexibility index (Phi) is 11.7. The zero-order valence-electron chi connectivity index (χ0n) is 18.2. The standard InChI is InChI=1S/C23H42O4/c1-5-7-9-11-13-15-17-26-21(24)19-20(23(19,3)4)22(25)27-18-16-14-12-10-8-6-2/h19-20H,5-18H2,1-4H3. The van der Waals surface area contributed by atoms with Gasteiger partial charge in [-0.15, -0.1) is 0 Å². The summed E-state index contributed by atoms with van der Waals surface area (Å²) >= 11 is 0. The molecule has 0 aliphatic heterocycles. The van der Waals surface area contributed by atoms with Crippen molar-refractivity contribution in [3.63, 3.8) is 0 Å². The smallest absolute Gasteiger partial charge is 0.310 e. The van der Waals surface area contributed by atoms with Crippen LogP contribution >= 0.6 is 0 Å². The van der Waals surface area contributed by atoms with Crippen molar-refractivity contribution in [2.24, 2.45) is 17.3 Å². The predicted molar refractivity (Wildman–Crippen MR) is 109 cm³/mol. The Hall–Kier alpha value is -1.06. The first-order chi connectivity index (χ1) is 13.0. The number of esters is 2. The molecule has 1 aliphatic rings. The fourth-order valence-corrected chi connectivity index (χ4v) is 3.81. The average molecular weight is 383 g/mol. The Labute approximate surface area is 166 Å². The molecule has 4 heteroatoms. The van der Waals surface area contributed by atoms with Crippen LogP contribution in [0.15, 0.2) is 0 Å². The van der Waals surface area contributed by atoms with Crippen molar-refractivity contribution in [1.29, 1.82) is 0 Å². The van der Waals surface area contributed by atoms with Crippen LogP contribution in [-0.2, 0) is 19.1 Å². The molecule has 1 fully saturated rings. The van der Waals surface area contributed by atoms with Crippen LogP contribution in [0.4, 0.5) is 0 Å². The lowest BCUT2D eigenvalue weighted by Crippen LogP contribution is -2.15. The highest BCUT2D eigenvalue weighted by Crippen LogP contribution is 2.59. The third-order valence-corrected chi connectivity index (χ3v) is 5.82. The van der Waals surface area contributed by atoms with Crippen LogP contribution in [0.2, 0.25) is 0 Å². The van der Waals surface area contributed by atoms with Gasteiger partial charge in [0.15, 0.2) is 0 Å². The summed E-state index contributed by atoms with van der Waals surface area (Å²) in [5.41, 5.74) is -0.337. The molecule has 2 unspecified atom stereocenters. The van der Waals surface area contributed by atoms with Gasteiger partial charge >= 0.3 is 11.9 Å². The summed E-state index contributed by atoms with van der Waals surface area (Å²) in [6, 6.07) is 0. The third kappa shape index (κ3) is 8.66. The molecule has 1 rings (SSSR count). The summed E-state index contributed by atoms with van der Waals surface area (Å²) in [5, 5.41) is 0. The van der Waals surface area contributed by atoms with E-state index in [1.807, 2.05) is 13.8 Å². The molecule has 27 heavy (non-hydrogen) atoms. The maximum Gasteiger partial charge on any atom is 0.310 e. The number of rotatable bonds is 16. The number of ether oxygens (including phenoxy) is 2. The van der Waals surface area contributed by atoms with Crippen molar-refractivity contribution in [3.8, 4) is 0 Å². The largest absolute Gasteiger partial charge is 0.465 e. The molecule has 1 saturated carbocycles. The number of unbranched alkanes of at least 4 members (excludes halogenated alkanes) is 10. The van der Waals surface area contributed by atoms with E-state index >= 15 is 0 Å². The minimum atomic E-state index is -0.338. The van der Waals surface area contributed by atoms with Crippen molar-refractivity contribution >= 4 is 11.9 Å². The highest BCUT2D eigenvalue weighted by Gasteiger charge is 2.67. The lowest BCUT2D eigenvalue weighted by atomic mass is 10.1. The topological polar surface area (TPSA) is 52.6 Å². The number of hydrogen-bond acceptors (Lipinski definition) is 4. The average Bonchev–Trinajstić information content (AvgIpc) is 3.22. The van der Waals surface area contributed by atoms with Crippen molar-refractivity contribution < 1.29 is 19.1 Å². The van der Waals surface area contributed by atoms with Crippen LogP contribution in [-0.4, -0.2) is 25.2 Å². The number of carbonyl (C=O) groups is 2. The van der Waals surface area contributed by atoms with E-state index in [4.69, 9.17) is 9.47 Å². The molecule has 0 radical (unpaired) electrons. The van der Waals surface area contributed by atoms with E-state index in [1.165, 1.54) is 51.4 Å². The van der Waals surface area contributed by atoms with Crippen LogP contribution in [0.5, 0.6) is 0 Å². The Morgan fingerprint density at radius 1 is 0.630 bits per heavy atom. The maximum absolute atomic E-state index is 12.3. The minimum Gasteiger partial charge on any atom is -0.465 e. The summed E-state index contributed by atoms with van der Waals surface area (Å²) in [5.74, 6) is -1.13. The van der Waals surface area contributed by atoms with Gasteiger partial charge in [-0.2, -0.15) is 0 Å². The third-order valence-electron chi connectivity index (χ3n) is 5.82. The maximum atomic E-state index is 12.3. The lowest BCUT2D eigenvalue weighted by Gasteiger charge is -2.06. The summed E-state index contributed by atoms with van der Waals surface area (Å²) in [6.45, 7) is 9.26. The molecule has 0 amide bonds. The van der Waals surface area contributed by atoms with Gasteiger partial charge in [-0.05, 0) is 18.3 Å². The molecule has 0 aromatic heterocycles. The second kappa shape index (κ2) is 13.2. The first-order valence-corrected chi connectivity index (χ1v) is 11.3. The summed E-state index contributed by atoms with van der Waals surface area (Å²) in [4.78, 5) is 24.6. The van der Waals surface area contributed by atoms with E-state index < -0.39 is 0 Å². The summed E-state index contributed by atoms with van der Waals surface area (Å²) in [6.07, 6.45) is 14.0. The van der Waals surface area contributed by atoms with Crippen LogP contribution in [0, 0.1) is 17.3 Å². The van der Waals surface area contributed by atoms with E-state index in [9.17, 15) is 9.59 Å². The Balaban J connectivity index is 2.17. The molecule has 158 valence electrons. The zero-order chi connectivity index (χ0) is 20.1. The first kappa shape index (κ1) is 24.0. The van der Waals surface area contributed by atoms with Crippen LogP contribution in [0.3, 0.4) is 0 Å². The van der Waals surface area contributed by atoms with Gasteiger partial charge in [-0.3, -0.25) is 9.59 Å². The molecular formula is C23H42O4. The molecule has 0 bridgehead atoms. The van der Waals surface area contributed by atoms with Crippen LogP contribution in [0.25, 0.3) is 0 Å². The molecule has 2 atom stereocenters. The summed E-state index contributed by atoms with van der Waals surface area (Å²) in [7, 11) is 0. The van der Waals surface area contributed by atoms with Gasteiger partial charge in [0.1, 0.15) is 0 Å². The van der Waals surface area contributed by atoms with Gasteiger partial charge in [0.05, 0.1) is 25.0 Å². The van der Waals surface area contributed by atoms with E-state index in [2.05, 4.69) is 13.8 Å². The second-order valence-corrected chi connectivity index (χ2v) is 8.65. The van der Waals surface area contributed by atoms with Crippen molar-refractivity contribution in [2.75, 3.05) is 13.2 Å². The molecule has 0 spiro atoms. The van der Waals surface area contributed by atoms with E-state index in [0.717, 1.165) is 25.7 Å². The van der Waals surface area contributed by atoms with Gasteiger partial charge in [-0.1, -0.05) is 91.9 Å². The summed E-state index contributed by atoms with van der Waals surface area (Å²) < 4.78 is 10.8. The molecule has 1 aliphatic carbocycles. The normalized spacial score (nSPS) is 20.3. The van der Waals surface area contributed by atoms with Gasteiger partial charge in [-0.25, -0.2) is 0 Å². The van der Waals surface area contributed by atoms with E-state index in [0.29, 0.717) is 13.2 Å². The van der Waals surface area contributed by atoms with E-state index in [-0.39, 0.29) is 29.2 Å². The van der Waals surface area contributed by atoms with Crippen molar-refractivity contribution in [2.45, 2.75) is 105 Å². The Bertz CT molecular complexity index is 392. The molecule has 0 N–H and O–H groups in total. The molecule has 0 aromatic rings. The van der Waals surface area contributed by atoms with Crippen molar-refractivity contribution in [1.82, 2.24) is 0 Å². The Morgan fingerprint density at radius 3 is 1.33 bits per heavy atom. The zero-order valence-corrected chi connectivity index (χ0v) is 18.2. The molecule has 4 nitrogen and oxygen atoms in total. The monoisotopic (exact) mass is 382 g/mol. The molecule has 0 aromatic carbocycles. The minimum absolute atomic E-state index is 0.227. The SMILES string of the molecule is CCCCCCCCOC(=O)C1C(C(=O)OCCCCCCCC)C1(C)C. The quantitative estimate of drug-likeness (QED) is 0.240. The highest BCUT2D eigenvalue weighted by atomic mass is 16.5.